The van der Waals surface area contributed by atoms with Crippen LogP contribution in [0.1, 0.15) is 16.7 Å². The molecule has 0 saturated heterocycles. The summed E-state index contributed by atoms with van der Waals surface area (Å²) in [6.45, 7) is 0.0348. The van der Waals surface area contributed by atoms with Gasteiger partial charge in [-0.3, -0.25) is 13.9 Å². The normalized spacial score (nSPS) is 11.4. The van der Waals surface area contributed by atoms with Gasteiger partial charge >= 0.3 is 5.69 Å². The fourth-order valence-corrected chi connectivity index (χ4v) is 5.24. The van der Waals surface area contributed by atoms with Crippen molar-refractivity contribution in [2.24, 2.45) is 7.05 Å². The van der Waals surface area contributed by atoms with E-state index in [0.717, 1.165) is 20.9 Å². The third kappa shape index (κ3) is 4.88. The van der Waals surface area contributed by atoms with Crippen LogP contribution in [0.15, 0.2) is 72.9 Å². The molecule has 0 bridgehead atoms. The van der Waals surface area contributed by atoms with Crippen molar-refractivity contribution in [2.75, 3.05) is 6.26 Å². The van der Waals surface area contributed by atoms with Gasteiger partial charge in [-0.15, -0.1) is 11.3 Å². The maximum Gasteiger partial charge on any atom is 0.332 e. The molecule has 0 spiro atoms. The smallest absolute Gasteiger partial charge is 0.287 e. The highest BCUT2D eigenvalue weighted by Gasteiger charge is 2.16. The minimum atomic E-state index is -3.32. The summed E-state index contributed by atoms with van der Waals surface area (Å²) in [6, 6.07) is 14.0. The number of hydrogen-bond acceptors (Lipinski definition) is 5. The Morgan fingerprint density at radius 2 is 1.64 bits per heavy atom. The van der Waals surface area contributed by atoms with Crippen LogP contribution in [0.5, 0.6) is 0 Å². The lowest BCUT2D eigenvalue weighted by Crippen LogP contribution is -2.39. The van der Waals surface area contributed by atoms with Crippen LogP contribution in [0.4, 0.5) is 0 Å². The van der Waals surface area contributed by atoms with Crippen molar-refractivity contribution in [2.45, 2.75) is 17.9 Å². The van der Waals surface area contributed by atoms with E-state index < -0.39 is 21.1 Å². The highest BCUT2D eigenvalue weighted by molar-refractivity contribution is 9.10. The van der Waals surface area contributed by atoms with Crippen LogP contribution >= 0.6 is 27.3 Å². The van der Waals surface area contributed by atoms with Crippen molar-refractivity contribution in [1.82, 2.24) is 9.13 Å². The Balaban J connectivity index is 1.72. The van der Waals surface area contributed by atoms with Crippen LogP contribution in [0.25, 0.3) is 10.2 Å². The van der Waals surface area contributed by atoms with E-state index in [2.05, 4.69) is 27.8 Å². The van der Waals surface area contributed by atoms with Crippen LogP contribution in [-0.2, 0) is 29.9 Å². The van der Waals surface area contributed by atoms with E-state index >= 15 is 0 Å². The first-order valence-electron chi connectivity index (χ1n) is 9.88. The predicted octanol–water partition coefficient (Wildman–Crippen LogP) is 3.57. The molecule has 0 unspecified atom stereocenters. The Hall–Kier alpha value is -2.93. The molecule has 4 aromatic rings. The molecule has 33 heavy (non-hydrogen) atoms. The number of halogens is 1. The molecule has 0 atom stereocenters. The molecule has 2 heterocycles. The summed E-state index contributed by atoms with van der Waals surface area (Å²) < 4.78 is 27.0. The first kappa shape index (κ1) is 23.2. The van der Waals surface area contributed by atoms with E-state index in [4.69, 9.17) is 0 Å². The summed E-state index contributed by atoms with van der Waals surface area (Å²) in [5.41, 5.74) is 1.46. The Kier molecular flexibility index (Phi) is 6.43. The maximum absolute atomic E-state index is 13.3. The first-order chi connectivity index (χ1) is 15.6. The van der Waals surface area contributed by atoms with E-state index in [1.165, 1.54) is 28.0 Å². The zero-order valence-electron chi connectivity index (χ0n) is 17.8. The summed E-state index contributed by atoms with van der Waals surface area (Å²) in [5, 5.41) is 2.21. The third-order valence-corrected chi connectivity index (χ3v) is 7.89. The molecule has 0 fully saturated rings. The molecule has 0 N–H and O–H groups in total. The average molecular weight is 543 g/mol. The minimum absolute atomic E-state index is 0.0348. The zero-order valence-corrected chi connectivity index (χ0v) is 21.1. The number of hydrogen-bond donors (Lipinski definition) is 0. The van der Waals surface area contributed by atoms with E-state index in [9.17, 15) is 18.0 Å². The molecule has 0 aliphatic heterocycles. The average Bonchev–Trinajstić information content (AvgIpc) is 3.20. The summed E-state index contributed by atoms with van der Waals surface area (Å²) in [5.74, 6) is 6.20. The largest absolute Gasteiger partial charge is 0.332 e. The van der Waals surface area contributed by atoms with E-state index in [0.29, 0.717) is 27.8 Å². The van der Waals surface area contributed by atoms with Crippen molar-refractivity contribution in [3.05, 3.63) is 95.9 Å². The number of rotatable bonds is 4. The molecule has 0 radical (unpaired) electrons. The predicted molar refractivity (Wildman–Crippen MR) is 135 cm³/mol. The van der Waals surface area contributed by atoms with Crippen LogP contribution in [-0.4, -0.2) is 23.8 Å². The second kappa shape index (κ2) is 9.14. The Morgan fingerprint density at radius 3 is 2.27 bits per heavy atom. The summed E-state index contributed by atoms with van der Waals surface area (Å²) >= 11 is 4.72. The van der Waals surface area contributed by atoms with Gasteiger partial charge in [-0.25, -0.2) is 13.2 Å². The zero-order chi connectivity index (χ0) is 23.8. The SMILES string of the molecule is Cn1c(=O)n(Cc2ccc(S(C)(=O)=O)cc2)c(=O)c2c(C#CCc3ccc(Br)cc3)csc21. The van der Waals surface area contributed by atoms with Crippen molar-refractivity contribution < 1.29 is 8.42 Å². The molecular weight excluding hydrogens is 524 g/mol. The van der Waals surface area contributed by atoms with Gasteiger partial charge in [0.25, 0.3) is 5.56 Å². The number of fused-ring (bicyclic) bond motifs is 1. The fourth-order valence-electron chi connectivity index (χ4n) is 3.39. The Labute approximate surface area is 203 Å². The van der Waals surface area contributed by atoms with Crippen LogP contribution < -0.4 is 11.2 Å². The number of sulfone groups is 1. The van der Waals surface area contributed by atoms with Gasteiger partial charge in [-0.2, -0.15) is 0 Å². The maximum atomic E-state index is 13.3. The van der Waals surface area contributed by atoms with Crippen molar-refractivity contribution >= 4 is 47.3 Å². The first-order valence-corrected chi connectivity index (χ1v) is 13.4. The molecule has 4 rings (SSSR count). The van der Waals surface area contributed by atoms with Crippen molar-refractivity contribution in [3.63, 3.8) is 0 Å². The molecule has 0 amide bonds. The molecule has 0 aliphatic carbocycles. The van der Waals surface area contributed by atoms with Crippen molar-refractivity contribution in [3.8, 4) is 11.8 Å². The molecule has 2 aromatic carbocycles. The lowest BCUT2D eigenvalue weighted by molar-refractivity contribution is 0.601. The molecule has 0 aliphatic rings. The molecule has 0 saturated carbocycles. The second-order valence-electron chi connectivity index (χ2n) is 7.58. The molecule has 6 nitrogen and oxygen atoms in total. The Bertz CT molecular complexity index is 1630. The lowest BCUT2D eigenvalue weighted by Gasteiger charge is -2.09. The van der Waals surface area contributed by atoms with Gasteiger partial charge in [-0.05, 0) is 35.4 Å². The molecule has 168 valence electrons. The van der Waals surface area contributed by atoms with Crippen LogP contribution in [0.3, 0.4) is 0 Å². The van der Waals surface area contributed by atoms with E-state index in [1.807, 2.05) is 24.3 Å². The van der Waals surface area contributed by atoms with Gasteiger partial charge in [0.05, 0.1) is 22.4 Å². The number of benzene rings is 2. The van der Waals surface area contributed by atoms with E-state index in [1.54, 1.807) is 24.6 Å². The topological polar surface area (TPSA) is 78.1 Å². The highest BCUT2D eigenvalue weighted by Crippen LogP contribution is 2.21. The number of aromatic nitrogens is 2. The summed E-state index contributed by atoms with van der Waals surface area (Å²) in [6.07, 6.45) is 1.67. The molecule has 2 aromatic heterocycles. The molecular formula is C24H19BrN2O4S2. The molecule has 9 heteroatoms. The number of aryl methyl sites for hydroxylation is 1. The van der Waals surface area contributed by atoms with Gasteiger partial charge < -0.3 is 0 Å². The summed E-state index contributed by atoms with van der Waals surface area (Å²) in [4.78, 5) is 26.9. The van der Waals surface area contributed by atoms with Gasteiger partial charge in [0.15, 0.2) is 9.84 Å². The lowest BCUT2D eigenvalue weighted by atomic mass is 10.1. The van der Waals surface area contributed by atoms with Gasteiger partial charge in [0.2, 0.25) is 0 Å². The van der Waals surface area contributed by atoms with Gasteiger partial charge in [0, 0.05) is 29.6 Å². The monoisotopic (exact) mass is 542 g/mol. The second-order valence-corrected chi connectivity index (χ2v) is 11.4. The quantitative estimate of drug-likeness (QED) is 0.369. The highest BCUT2D eigenvalue weighted by atomic mass is 79.9. The number of thiophene rings is 1. The standard InChI is InChI=1S/C24H19BrN2O4S2/c1-26-23-21(18(15-32-23)5-3-4-16-6-10-19(25)11-7-16)22(28)27(24(26)29)14-17-8-12-20(13-9-17)33(2,30)31/h6-13,15H,4,14H2,1-2H3. The summed E-state index contributed by atoms with van der Waals surface area (Å²) in [7, 11) is -1.70. The number of nitrogens with zero attached hydrogens (tertiary/aromatic N) is 2. The Morgan fingerprint density at radius 1 is 1.00 bits per heavy atom. The van der Waals surface area contributed by atoms with Gasteiger partial charge in [-0.1, -0.05) is 52.0 Å². The van der Waals surface area contributed by atoms with E-state index in [-0.39, 0.29) is 11.4 Å². The van der Waals surface area contributed by atoms with Crippen LogP contribution in [0.2, 0.25) is 0 Å². The van der Waals surface area contributed by atoms with Gasteiger partial charge in [0.1, 0.15) is 4.83 Å². The minimum Gasteiger partial charge on any atom is -0.287 e. The van der Waals surface area contributed by atoms with Crippen molar-refractivity contribution in [1.29, 1.82) is 0 Å². The fraction of sp³-hybridized carbons (Fsp3) is 0.167. The third-order valence-electron chi connectivity index (χ3n) is 5.17. The van der Waals surface area contributed by atoms with Crippen LogP contribution in [0, 0.1) is 11.8 Å².